The van der Waals surface area contributed by atoms with Crippen molar-refractivity contribution in [3.8, 4) is 5.75 Å². The molecule has 2 amide bonds. The Balaban J connectivity index is 1.15. The number of carbonyl (C=O) groups excluding carboxylic acids is 2. The van der Waals surface area contributed by atoms with Gasteiger partial charge in [-0.1, -0.05) is 30.3 Å². The number of nitrogens with zero attached hydrogens (tertiary/aromatic N) is 3. The Morgan fingerprint density at radius 2 is 1.97 bits per heavy atom. The SMILES string of the molecule is Cn1ccnc1CCNC(=O)c1cccc(OCC(=O)NCC(O)CN2CCc3ccccc3C2)c1. The van der Waals surface area contributed by atoms with Gasteiger partial charge in [-0.3, -0.25) is 14.5 Å². The van der Waals surface area contributed by atoms with E-state index in [9.17, 15) is 14.7 Å². The molecule has 0 saturated heterocycles. The van der Waals surface area contributed by atoms with E-state index in [-0.39, 0.29) is 25.0 Å². The van der Waals surface area contributed by atoms with Gasteiger partial charge in [0.05, 0.1) is 6.10 Å². The van der Waals surface area contributed by atoms with Crippen LogP contribution in [0.1, 0.15) is 27.3 Å². The molecule has 2 heterocycles. The number of aliphatic hydroxyl groups excluding tert-OH is 1. The zero-order valence-corrected chi connectivity index (χ0v) is 20.5. The number of aromatic nitrogens is 2. The minimum Gasteiger partial charge on any atom is -0.484 e. The first-order valence-corrected chi connectivity index (χ1v) is 12.2. The summed E-state index contributed by atoms with van der Waals surface area (Å²) in [6.45, 7) is 2.60. The molecule has 1 aromatic heterocycles. The Kier molecular flexibility index (Phi) is 8.70. The molecule has 3 aromatic rings. The normalized spacial score (nSPS) is 14.1. The monoisotopic (exact) mass is 491 g/mol. The summed E-state index contributed by atoms with van der Waals surface area (Å²) in [6, 6.07) is 15.1. The number of imidazole rings is 1. The molecule has 0 saturated carbocycles. The molecule has 36 heavy (non-hydrogen) atoms. The number of fused-ring (bicyclic) bond motifs is 1. The quantitative estimate of drug-likeness (QED) is 0.373. The van der Waals surface area contributed by atoms with Crippen molar-refractivity contribution in [2.75, 3.05) is 32.8 Å². The van der Waals surface area contributed by atoms with Gasteiger partial charge >= 0.3 is 0 Å². The summed E-state index contributed by atoms with van der Waals surface area (Å²) >= 11 is 0. The second-order valence-corrected chi connectivity index (χ2v) is 8.99. The maximum atomic E-state index is 12.5. The van der Waals surface area contributed by atoms with Crippen molar-refractivity contribution < 1.29 is 19.4 Å². The highest BCUT2D eigenvalue weighted by Gasteiger charge is 2.19. The second kappa shape index (κ2) is 12.3. The summed E-state index contributed by atoms with van der Waals surface area (Å²) < 4.78 is 7.48. The van der Waals surface area contributed by atoms with Crippen molar-refractivity contribution in [2.45, 2.75) is 25.5 Å². The maximum absolute atomic E-state index is 12.5. The smallest absolute Gasteiger partial charge is 0.258 e. The van der Waals surface area contributed by atoms with Gasteiger partial charge < -0.3 is 25.0 Å². The molecule has 0 bridgehead atoms. The highest BCUT2D eigenvalue weighted by molar-refractivity contribution is 5.94. The fourth-order valence-electron chi connectivity index (χ4n) is 4.26. The Hall–Kier alpha value is -3.69. The molecule has 1 unspecified atom stereocenters. The van der Waals surface area contributed by atoms with E-state index in [0.29, 0.717) is 30.8 Å². The van der Waals surface area contributed by atoms with Crippen molar-refractivity contribution in [2.24, 2.45) is 7.05 Å². The highest BCUT2D eigenvalue weighted by atomic mass is 16.5. The van der Waals surface area contributed by atoms with Crippen LogP contribution in [0.15, 0.2) is 60.9 Å². The average molecular weight is 492 g/mol. The molecule has 4 rings (SSSR count). The number of aryl methyl sites for hydroxylation is 1. The molecule has 1 atom stereocenters. The predicted molar refractivity (Wildman–Crippen MR) is 136 cm³/mol. The Bertz CT molecular complexity index is 1180. The van der Waals surface area contributed by atoms with Gasteiger partial charge in [0.1, 0.15) is 11.6 Å². The summed E-state index contributed by atoms with van der Waals surface area (Å²) in [5, 5.41) is 16.0. The summed E-state index contributed by atoms with van der Waals surface area (Å²) in [7, 11) is 1.91. The van der Waals surface area contributed by atoms with E-state index in [1.807, 2.05) is 23.9 Å². The van der Waals surface area contributed by atoms with Crippen LogP contribution in [0.25, 0.3) is 0 Å². The van der Waals surface area contributed by atoms with Crippen LogP contribution < -0.4 is 15.4 Å². The lowest BCUT2D eigenvalue weighted by molar-refractivity contribution is -0.123. The van der Waals surface area contributed by atoms with E-state index < -0.39 is 6.10 Å². The molecule has 0 aliphatic carbocycles. The van der Waals surface area contributed by atoms with E-state index in [4.69, 9.17) is 4.74 Å². The van der Waals surface area contributed by atoms with Crippen LogP contribution in [0, 0.1) is 0 Å². The van der Waals surface area contributed by atoms with Crippen molar-refractivity contribution in [3.63, 3.8) is 0 Å². The third-order valence-corrected chi connectivity index (χ3v) is 6.23. The molecule has 0 radical (unpaired) electrons. The molecule has 0 fully saturated rings. The van der Waals surface area contributed by atoms with Crippen LogP contribution >= 0.6 is 0 Å². The number of aliphatic hydroxyl groups is 1. The first-order chi connectivity index (χ1) is 17.5. The van der Waals surface area contributed by atoms with E-state index in [1.54, 1.807) is 30.5 Å². The van der Waals surface area contributed by atoms with Crippen molar-refractivity contribution in [3.05, 3.63) is 83.4 Å². The van der Waals surface area contributed by atoms with Gasteiger partial charge in [0, 0.05) is 64.1 Å². The van der Waals surface area contributed by atoms with E-state index >= 15 is 0 Å². The summed E-state index contributed by atoms with van der Waals surface area (Å²) in [6.07, 6.45) is 4.51. The fraction of sp³-hybridized carbons (Fsp3) is 0.370. The summed E-state index contributed by atoms with van der Waals surface area (Å²) in [4.78, 5) is 31.1. The molecule has 9 nitrogen and oxygen atoms in total. The van der Waals surface area contributed by atoms with Crippen molar-refractivity contribution in [1.29, 1.82) is 0 Å². The van der Waals surface area contributed by atoms with Crippen LogP contribution in [0.2, 0.25) is 0 Å². The topological polar surface area (TPSA) is 109 Å². The van der Waals surface area contributed by atoms with Gasteiger partial charge in [0.15, 0.2) is 6.61 Å². The molecule has 9 heteroatoms. The number of β-amino-alcohol motifs (C(OH)–C–C–N with tert-alkyl or cyclic N) is 1. The molecule has 190 valence electrons. The number of nitrogens with one attached hydrogen (secondary N) is 2. The van der Waals surface area contributed by atoms with E-state index in [1.165, 1.54) is 11.1 Å². The zero-order valence-electron chi connectivity index (χ0n) is 20.5. The molecule has 3 N–H and O–H groups in total. The number of hydrogen-bond donors (Lipinski definition) is 3. The number of benzene rings is 2. The molecule has 2 aromatic carbocycles. The number of ether oxygens (including phenoxy) is 1. The summed E-state index contributed by atoms with van der Waals surface area (Å²) in [5.41, 5.74) is 3.10. The van der Waals surface area contributed by atoms with E-state index in [2.05, 4.69) is 38.7 Å². The number of carbonyl (C=O) groups is 2. The number of hydrogen-bond acceptors (Lipinski definition) is 6. The van der Waals surface area contributed by atoms with Crippen molar-refractivity contribution >= 4 is 11.8 Å². The van der Waals surface area contributed by atoms with Gasteiger partial charge in [-0.25, -0.2) is 4.98 Å². The number of rotatable bonds is 11. The molecular formula is C27H33N5O4. The first kappa shape index (κ1) is 25.4. The summed E-state index contributed by atoms with van der Waals surface area (Å²) in [5.74, 6) is 0.768. The van der Waals surface area contributed by atoms with Gasteiger partial charge in [-0.2, -0.15) is 0 Å². The minimum absolute atomic E-state index is 0.152. The van der Waals surface area contributed by atoms with Crippen LogP contribution in [0.3, 0.4) is 0 Å². The lowest BCUT2D eigenvalue weighted by Gasteiger charge is -2.30. The molecule has 0 spiro atoms. The third kappa shape index (κ3) is 7.16. The van der Waals surface area contributed by atoms with E-state index in [0.717, 1.165) is 25.3 Å². The number of amides is 2. The zero-order chi connectivity index (χ0) is 25.3. The largest absolute Gasteiger partial charge is 0.484 e. The molecular weight excluding hydrogens is 458 g/mol. The Labute approximate surface area is 211 Å². The van der Waals surface area contributed by atoms with Gasteiger partial charge in [0.25, 0.3) is 11.8 Å². The van der Waals surface area contributed by atoms with Crippen LogP contribution in [0.4, 0.5) is 0 Å². The van der Waals surface area contributed by atoms with Crippen molar-refractivity contribution in [1.82, 2.24) is 25.1 Å². The fourth-order valence-corrected chi connectivity index (χ4v) is 4.26. The standard InChI is InChI=1S/C27H33N5O4/c1-31-14-12-28-25(31)9-11-29-27(35)21-7-4-8-24(15-21)36-19-26(34)30-16-23(33)18-32-13-10-20-5-2-3-6-22(20)17-32/h2-8,12,14-15,23,33H,9-11,13,16-19H2,1H3,(H,29,35)(H,30,34). The second-order valence-electron chi connectivity index (χ2n) is 8.99. The van der Waals surface area contributed by atoms with Crippen LogP contribution in [-0.2, 0) is 31.2 Å². The predicted octanol–water partition coefficient (Wildman–Crippen LogP) is 1.31. The molecule has 1 aliphatic rings. The average Bonchev–Trinajstić information content (AvgIpc) is 3.30. The minimum atomic E-state index is -0.669. The van der Waals surface area contributed by atoms with Gasteiger partial charge in [0.2, 0.25) is 0 Å². The van der Waals surface area contributed by atoms with Crippen LogP contribution in [-0.4, -0.2) is 70.3 Å². The van der Waals surface area contributed by atoms with Crippen LogP contribution in [0.5, 0.6) is 5.75 Å². The third-order valence-electron chi connectivity index (χ3n) is 6.23. The highest BCUT2D eigenvalue weighted by Crippen LogP contribution is 2.18. The van der Waals surface area contributed by atoms with Gasteiger partial charge in [-0.05, 0) is 35.7 Å². The lowest BCUT2D eigenvalue weighted by Crippen LogP contribution is -2.42. The van der Waals surface area contributed by atoms with Gasteiger partial charge in [-0.15, -0.1) is 0 Å². The maximum Gasteiger partial charge on any atom is 0.258 e. The Morgan fingerprint density at radius 3 is 2.78 bits per heavy atom. The first-order valence-electron chi connectivity index (χ1n) is 12.2. The lowest BCUT2D eigenvalue weighted by atomic mass is 10.00. The molecule has 1 aliphatic heterocycles. The Morgan fingerprint density at radius 1 is 1.14 bits per heavy atom.